The second-order valence-electron chi connectivity index (χ2n) is 6.60. The Labute approximate surface area is 161 Å². The first kappa shape index (κ1) is 19.7. The summed E-state index contributed by atoms with van der Waals surface area (Å²) in [6, 6.07) is 18.5. The zero-order valence-electron chi connectivity index (χ0n) is 15.4. The number of aromatic nitrogens is 2. The van der Waals surface area contributed by atoms with Crippen LogP contribution in [0.4, 0.5) is 8.78 Å². The van der Waals surface area contributed by atoms with Gasteiger partial charge >= 0.3 is 0 Å². The first-order valence-electron chi connectivity index (χ1n) is 8.83. The molecular formula is C21H21F2N3O2. The SMILES string of the molecule is CC(F)(F)COCc1ccc(CNC(=O)c2cc(-c3ccccc3)[nH]n2)cc1. The van der Waals surface area contributed by atoms with E-state index in [0.29, 0.717) is 12.2 Å². The topological polar surface area (TPSA) is 67.0 Å². The van der Waals surface area contributed by atoms with Crippen LogP contribution in [0.25, 0.3) is 11.3 Å². The number of aromatic amines is 1. The van der Waals surface area contributed by atoms with E-state index < -0.39 is 12.5 Å². The van der Waals surface area contributed by atoms with Crippen LogP contribution in [0.15, 0.2) is 60.7 Å². The Bertz CT molecular complexity index is 903. The Hall–Kier alpha value is -3.06. The van der Waals surface area contributed by atoms with Crippen LogP contribution < -0.4 is 5.32 Å². The van der Waals surface area contributed by atoms with Crippen LogP contribution in [0.5, 0.6) is 0 Å². The van der Waals surface area contributed by atoms with Crippen LogP contribution in [0.2, 0.25) is 0 Å². The van der Waals surface area contributed by atoms with Gasteiger partial charge in [-0.2, -0.15) is 5.10 Å². The molecule has 0 bridgehead atoms. The van der Waals surface area contributed by atoms with Crippen molar-refractivity contribution in [3.05, 3.63) is 77.5 Å². The van der Waals surface area contributed by atoms with Crippen LogP contribution in [-0.2, 0) is 17.9 Å². The molecule has 0 fully saturated rings. The number of carbonyl (C=O) groups excluding carboxylic acids is 1. The van der Waals surface area contributed by atoms with Gasteiger partial charge in [0.15, 0.2) is 5.69 Å². The van der Waals surface area contributed by atoms with Gasteiger partial charge < -0.3 is 10.1 Å². The van der Waals surface area contributed by atoms with E-state index in [1.54, 1.807) is 18.2 Å². The molecule has 1 amide bonds. The average Bonchev–Trinajstić information content (AvgIpc) is 3.17. The summed E-state index contributed by atoms with van der Waals surface area (Å²) in [5.74, 6) is -3.12. The Balaban J connectivity index is 1.50. The van der Waals surface area contributed by atoms with Gasteiger partial charge in [-0.05, 0) is 22.8 Å². The average molecular weight is 385 g/mol. The minimum Gasteiger partial charge on any atom is -0.371 e. The molecule has 0 aliphatic heterocycles. The number of H-pyrrole nitrogens is 1. The molecule has 0 aliphatic rings. The lowest BCUT2D eigenvalue weighted by atomic mass is 10.1. The Morgan fingerprint density at radius 2 is 1.79 bits per heavy atom. The number of carbonyl (C=O) groups is 1. The van der Waals surface area contributed by atoms with Crippen molar-refractivity contribution < 1.29 is 18.3 Å². The van der Waals surface area contributed by atoms with E-state index in [1.165, 1.54) is 0 Å². The van der Waals surface area contributed by atoms with E-state index in [2.05, 4.69) is 15.5 Å². The molecular weight excluding hydrogens is 364 g/mol. The van der Waals surface area contributed by atoms with Gasteiger partial charge in [-0.1, -0.05) is 54.6 Å². The molecule has 1 heterocycles. The monoisotopic (exact) mass is 385 g/mol. The van der Waals surface area contributed by atoms with Gasteiger partial charge in [-0.15, -0.1) is 0 Å². The number of halogens is 2. The summed E-state index contributed by atoms with van der Waals surface area (Å²) >= 11 is 0. The van der Waals surface area contributed by atoms with Crippen LogP contribution in [0.1, 0.15) is 28.5 Å². The summed E-state index contributed by atoms with van der Waals surface area (Å²) in [4.78, 5) is 12.3. The second-order valence-corrected chi connectivity index (χ2v) is 6.60. The van der Waals surface area contributed by atoms with Crippen molar-refractivity contribution in [1.82, 2.24) is 15.5 Å². The molecule has 0 atom stereocenters. The van der Waals surface area contributed by atoms with Gasteiger partial charge in [0, 0.05) is 13.5 Å². The quantitative estimate of drug-likeness (QED) is 0.611. The third-order valence-electron chi connectivity index (χ3n) is 4.00. The van der Waals surface area contributed by atoms with Crippen LogP contribution in [0, 0.1) is 0 Å². The number of amides is 1. The standard InChI is InChI=1S/C21H21F2N3O2/c1-21(22,23)14-28-13-16-9-7-15(8-10-16)12-24-20(27)19-11-18(25-26-19)17-5-3-2-4-6-17/h2-11H,12-14H2,1H3,(H,24,27)(H,25,26). The normalized spacial score (nSPS) is 11.4. The fourth-order valence-electron chi connectivity index (χ4n) is 2.58. The highest BCUT2D eigenvalue weighted by atomic mass is 19.3. The van der Waals surface area contributed by atoms with Gasteiger partial charge in [0.1, 0.15) is 6.61 Å². The zero-order valence-corrected chi connectivity index (χ0v) is 15.4. The number of rotatable bonds is 8. The molecule has 0 unspecified atom stereocenters. The number of nitrogens with zero attached hydrogens (tertiary/aromatic N) is 1. The molecule has 0 radical (unpaired) electrons. The molecule has 2 aromatic carbocycles. The minimum absolute atomic E-state index is 0.117. The first-order valence-corrected chi connectivity index (χ1v) is 8.83. The second kappa shape index (κ2) is 8.75. The fraction of sp³-hybridized carbons (Fsp3) is 0.238. The van der Waals surface area contributed by atoms with Gasteiger partial charge in [-0.25, -0.2) is 8.78 Å². The molecule has 7 heteroatoms. The van der Waals surface area contributed by atoms with Crippen molar-refractivity contribution in [2.24, 2.45) is 0 Å². The molecule has 5 nitrogen and oxygen atoms in total. The van der Waals surface area contributed by atoms with Crippen LogP contribution in [0.3, 0.4) is 0 Å². The zero-order chi connectivity index (χ0) is 20.0. The summed E-state index contributed by atoms with van der Waals surface area (Å²) in [5, 5.41) is 9.73. The maximum Gasteiger partial charge on any atom is 0.272 e. The molecule has 0 aliphatic carbocycles. The van der Waals surface area contributed by atoms with E-state index in [-0.39, 0.29) is 12.5 Å². The van der Waals surface area contributed by atoms with Gasteiger partial charge in [0.25, 0.3) is 11.8 Å². The molecule has 0 saturated heterocycles. The molecule has 1 aromatic heterocycles. The van der Waals surface area contributed by atoms with Gasteiger partial charge in [-0.3, -0.25) is 9.89 Å². The minimum atomic E-state index is -2.84. The molecule has 2 N–H and O–H groups in total. The highest BCUT2D eigenvalue weighted by Gasteiger charge is 2.20. The smallest absolute Gasteiger partial charge is 0.272 e. The van der Waals surface area contributed by atoms with Crippen LogP contribution in [-0.4, -0.2) is 28.6 Å². The maximum absolute atomic E-state index is 12.7. The summed E-state index contributed by atoms with van der Waals surface area (Å²) in [6.45, 7) is 0.659. The Morgan fingerprint density at radius 1 is 1.11 bits per heavy atom. The first-order chi connectivity index (χ1) is 13.4. The van der Waals surface area contributed by atoms with Crippen molar-refractivity contribution in [3.8, 4) is 11.3 Å². The highest BCUT2D eigenvalue weighted by molar-refractivity contribution is 5.93. The molecule has 3 aromatic rings. The summed E-state index contributed by atoms with van der Waals surface area (Å²) < 4.78 is 30.4. The molecule has 0 saturated carbocycles. The van der Waals surface area contributed by atoms with Crippen molar-refractivity contribution in [2.75, 3.05) is 6.61 Å². The lowest BCUT2D eigenvalue weighted by Crippen LogP contribution is -2.23. The van der Waals surface area contributed by atoms with Crippen molar-refractivity contribution >= 4 is 5.91 Å². The number of hydrogen-bond acceptors (Lipinski definition) is 3. The van der Waals surface area contributed by atoms with Crippen molar-refractivity contribution in [2.45, 2.75) is 26.0 Å². The number of nitrogens with one attached hydrogen (secondary N) is 2. The predicted molar refractivity (Wildman–Crippen MR) is 102 cm³/mol. The highest BCUT2D eigenvalue weighted by Crippen LogP contribution is 2.17. The molecule has 0 spiro atoms. The Kier molecular flexibility index (Phi) is 6.16. The molecule has 28 heavy (non-hydrogen) atoms. The van der Waals surface area contributed by atoms with Gasteiger partial charge in [0.2, 0.25) is 0 Å². The van der Waals surface area contributed by atoms with E-state index >= 15 is 0 Å². The molecule has 3 rings (SSSR count). The summed E-state index contributed by atoms with van der Waals surface area (Å²) in [6.07, 6.45) is 0. The van der Waals surface area contributed by atoms with Crippen molar-refractivity contribution in [3.63, 3.8) is 0 Å². The molecule has 146 valence electrons. The van der Waals surface area contributed by atoms with E-state index in [1.807, 2.05) is 42.5 Å². The third-order valence-corrected chi connectivity index (χ3v) is 4.00. The summed E-state index contributed by atoms with van der Waals surface area (Å²) in [5.41, 5.74) is 3.71. The maximum atomic E-state index is 12.7. The lowest BCUT2D eigenvalue weighted by molar-refractivity contribution is -0.0673. The number of ether oxygens (including phenoxy) is 1. The number of hydrogen-bond donors (Lipinski definition) is 2. The van der Waals surface area contributed by atoms with E-state index in [9.17, 15) is 13.6 Å². The van der Waals surface area contributed by atoms with Crippen LogP contribution >= 0.6 is 0 Å². The predicted octanol–water partition coefficient (Wildman–Crippen LogP) is 4.18. The fourth-order valence-corrected chi connectivity index (χ4v) is 2.58. The number of alkyl halides is 2. The summed E-state index contributed by atoms with van der Waals surface area (Å²) in [7, 11) is 0. The number of benzene rings is 2. The van der Waals surface area contributed by atoms with Crippen molar-refractivity contribution in [1.29, 1.82) is 0 Å². The van der Waals surface area contributed by atoms with E-state index in [0.717, 1.165) is 29.3 Å². The largest absolute Gasteiger partial charge is 0.371 e. The van der Waals surface area contributed by atoms with Gasteiger partial charge in [0.05, 0.1) is 12.3 Å². The van der Waals surface area contributed by atoms with E-state index in [4.69, 9.17) is 4.74 Å². The third kappa shape index (κ3) is 5.72. The lowest BCUT2D eigenvalue weighted by Gasteiger charge is -2.11. The Morgan fingerprint density at radius 3 is 2.46 bits per heavy atom.